The molecule has 0 saturated heterocycles. The van der Waals surface area contributed by atoms with E-state index in [4.69, 9.17) is 0 Å². The van der Waals surface area contributed by atoms with Crippen LogP contribution in [0.5, 0.6) is 0 Å². The Morgan fingerprint density at radius 3 is 1.78 bits per heavy atom. The Morgan fingerprint density at radius 2 is 0.980 bits per heavy atom. The summed E-state index contributed by atoms with van der Waals surface area (Å²) in [5.41, 5.74) is 9.37. The maximum absolute atomic E-state index is 2.45. The monoisotopic (exact) mass is 642 g/mol. The van der Waals surface area contributed by atoms with E-state index in [1.165, 1.54) is 63.9 Å². The lowest BCUT2D eigenvalue weighted by atomic mass is 10.00. The highest BCUT2D eigenvalue weighted by Gasteiger charge is 2.22. The predicted molar refractivity (Wildman–Crippen MR) is 211 cm³/mol. The van der Waals surface area contributed by atoms with Crippen LogP contribution in [-0.2, 0) is 0 Å². The van der Waals surface area contributed by atoms with E-state index in [-0.39, 0.29) is 0 Å². The average molecular weight is 643 g/mol. The lowest BCUT2D eigenvalue weighted by Crippen LogP contribution is -2.11. The first-order valence-electron chi connectivity index (χ1n) is 16.7. The maximum Gasteiger partial charge on any atom is 0.0568 e. The van der Waals surface area contributed by atoms with Crippen LogP contribution >= 0.6 is 11.3 Å². The van der Waals surface area contributed by atoms with Crippen molar-refractivity contribution >= 4 is 81.1 Å². The highest BCUT2D eigenvalue weighted by atomic mass is 32.1. The number of fused-ring (bicyclic) bond motifs is 8. The van der Waals surface area contributed by atoms with Gasteiger partial charge in [0.25, 0.3) is 0 Å². The maximum atomic E-state index is 2.45. The molecule has 2 heterocycles. The molecule has 10 aromatic rings. The molecule has 49 heavy (non-hydrogen) atoms. The quantitative estimate of drug-likeness (QED) is 0.181. The fourth-order valence-corrected chi connectivity index (χ4v) is 8.70. The summed E-state index contributed by atoms with van der Waals surface area (Å²) < 4.78 is 5.02. The van der Waals surface area contributed by atoms with E-state index in [1.807, 2.05) is 11.3 Å². The van der Waals surface area contributed by atoms with Gasteiger partial charge in [-0.15, -0.1) is 11.3 Å². The highest BCUT2D eigenvalue weighted by Crippen LogP contribution is 2.47. The second-order valence-corrected chi connectivity index (χ2v) is 13.6. The molecule has 0 aliphatic carbocycles. The Kier molecular flexibility index (Phi) is 6.39. The third-order valence-electron chi connectivity index (χ3n) is 9.77. The first kappa shape index (κ1) is 27.9. The number of hydrogen-bond donors (Lipinski definition) is 0. The number of hydrogen-bond acceptors (Lipinski definition) is 2. The fourth-order valence-electron chi connectivity index (χ4n) is 7.57. The summed E-state index contributed by atoms with van der Waals surface area (Å²) in [5, 5.41) is 7.61. The van der Waals surface area contributed by atoms with E-state index in [0.717, 1.165) is 22.7 Å². The number of rotatable bonds is 5. The van der Waals surface area contributed by atoms with E-state index in [2.05, 4.69) is 191 Å². The van der Waals surface area contributed by atoms with Crippen LogP contribution in [0.2, 0.25) is 0 Å². The normalized spacial score (nSPS) is 11.7. The van der Waals surface area contributed by atoms with Gasteiger partial charge in [0.2, 0.25) is 0 Å². The second-order valence-electron chi connectivity index (χ2n) is 12.6. The van der Waals surface area contributed by atoms with E-state index in [9.17, 15) is 0 Å². The molecule has 0 spiro atoms. The molecule has 230 valence electrons. The van der Waals surface area contributed by atoms with Gasteiger partial charge in [0, 0.05) is 53.4 Å². The molecule has 0 saturated carbocycles. The minimum absolute atomic E-state index is 1.12. The molecular formula is C46H30N2S. The largest absolute Gasteiger partial charge is 0.310 e. The number of benzene rings is 8. The van der Waals surface area contributed by atoms with Gasteiger partial charge in [0.05, 0.1) is 16.7 Å². The standard InChI is InChI=1S/C46H30N2S/c1-3-13-31(14-4-1)32-23-25-34(26-24-32)47(35-27-28-38-37-18-10-12-22-44(37)49-45(38)29-35)42-30-43-46(39-19-8-7-17-36(39)42)40-20-9-11-21-41(40)48(43)33-15-5-2-6-16-33/h1-30H. The van der Waals surface area contributed by atoms with Crippen LogP contribution < -0.4 is 4.90 Å². The third kappa shape index (κ3) is 4.47. The van der Waals surface area contributed by atoms with E-state index < -0.39 is 0 Å². The van der Waals surface area contributed by atoms with Crippen LogP contribution in [0.25, 0.3) is 69.6 Å². The molecule has 8 aromatic carbocycles. The van der Waals surface area contributed by atoms with Gasteiger partial charge in [0.15, 0.2) is 0 Å². The van der Waals surface area contributed by atoms with Crippen molar-refractivity contribution < 1.29 is 0 Å². The molecule has 10 rings (SSSR count). The van der Waals surface area contributed by atoms with Gasteiger partial charge in [-0.3, -0.25) is 0 Å². The van der Waals surface area contributed by atoms with E-state index >= 15 is 0 Å². The topological polar surface area (TPSA) is 8.17 Å². The van der Waals surface area contributed by atoms with Gasteiger partial charge >= 0.3 is 0 Å². The van der Waals surface area contributed by atoms with Crippen molar-refractivity contribution in [3.8, 4) is 16.8 Å². The summed E-state index contributed by atoms with van der Waals surface area (Å²) in [4.78, 5) is 2.45. The van der Waals surface area contributed by atoms with Gasteiger partial charge in [-0.25, -0.2) is 0 Å². The van der Waals surface area contributed by atoms with Crippen molar-refractivity contribution in [1.82, 2.24) is 4.57 Å². The van der Waals surface area contributed by atoms with Gasteiger partial charge < -0.3 is 9.47 Å². The number of aromatic nitrogens is 1. The Bertz CT molecular complexity index is 2810. The van der Waals surface area contributed by atoms with Crippen LogP contribution in [-0.4, -0.2) is 4.57 Å². The zero-order valence-corrected chi connectivity index (χ0v) is 27.4. The molecule has 0 bridgehead atoms. The molecule has 0 unspecified atom stereocenters. The Labute approximate surface area is 288 Å². The molecule has 2 aromatic heterocycles. The first-order valence-corrected chi connectivity index (χ1v) is 17.5. The van der Waals surface area contributed by atoms with Crippen LogP contribution in [0.1, 0.15) is 0 Å². The molecule has 0 aliphatic rings. The average Bonchev–Trinajstić information content (AvgIpc) is 3.71. The van der Waals surface area contributed by atoms with Crippen molar-refractivity contribution in [3.63, 3.8) is 0 Å². The first-order chi connectivity index (χ1) is 24.3. The molecule has 0 radical (unpaired) electrons. The zero-order chi connectivity index (χ0) is 32.3. The lowest BCUT2D eigenvalue weighted by molar-refractivity contribution is 1.18. The molecule has 0 N–H and O–H groups in total. The number of thiophene rings is 1. The van der Waals surface area contributed by atoms with Crippen LogP contribution in [0.3, 0.4) is 0 Å². The van der Waals surface area contributed by atoms with Crippen molar-refractivity contribution in [3.05, 3.63) is 182 Å². The van der Waals surface area contributed by atoms with Crippen molar-refractivity contribution in [2.24, 2.45) is 0 Å². The second kappa shape index (κ2) is 11.2. The van der Waals surface area contributed by atoms with Crippen molar-refractivity contribution in [2.75, 3.05) is 4.90 Å². The molecule has 0 amide bonds. The molecule has 0 atom stereocenters. The zero-order valence-electron chi connectivity index (χ0n) is 26.6. The number of para-hydroxylation sites is 2. The van der Waals surface area contributed by atoms with E-state index in [0.29, 0.717) is 0 Å². The predicted octanol–water partition coefficient (Wildman–Crippen LogP) is 13.4. The summed E-state index contributed by atoms with van der Waals surface area (Å²) in [6, 6.07) is 66.2. The third-order valence-corrected chi connectivity index (χ3v) is 10.9. The van der Waals surface area contributed by atoms with Gasteiger partial charge in [0.1, 0.15) is 0 Å². The summed E-state index contributed by atoms with van der Waals surface area (Å²) in [6.07, 6.45) is 0. The van der Waals surface area contributed by atoms with Crippen molar-refractivity contribution in [2.45, 2.75) is 0 Å². The Morgan fingerprint density at radius 1 is 0.388 bits per heavy atom. The van der Waals surface area contributed by atoms with Crippen LogP contribution in [0.15, 0.2) is 182 Å². The number of nitrogens with zero attached hydrogens (tertiary/aromatic N) is 2. The minimum Gasteiger partial charge on any atom is -0.310 e. The summed E-state index contributed by atoms with van der Waals surface area (Å²) in [7, 11) is 0. The molecular weight excluding hydrogens is 613 g/mol. The Hall–Kier alpha value is -6.16. The summed E-state index contributed by atoms with van der Waals surface area (Å²) >= 11 is 1.86. The number of anilines is 3. The molecule has 0 aliphatic heterocycles. The van der Waals surface area contributed by atoms with Gasteiger partial charge in [-0.1, -0.05) is 127 Å². The molecule has 0 fully saturated rings. The lowest BCUT2D eigenvalue weighted by Gasteiger charge is -2.28. The molecule has 2 nitrogen and oxygen atoms in total. The van der Waals surface area contributed by atoms with Crippen LogP contribution in [0.4, 0.5) is 17.1 Å². The summed E-state index contributed by atoms with van der Waals surface area (Å²) in [5.74, 6) is 0. The molecule has 3 heteroatoms. The minimum atomic E-state index is 1.12. The van der Waals surface area contributed by atoms with Crippen LogP contribution in [0, 0.1) is 0 Å². The summed E-state index contributed by atoms with van der Waals surface area (Å²) in [6.45, 7) is 0. The van der Waals surface area contributed by atoms with Gasteiger partial charge in [-0.05, 0) is 71.1 Å². The highest BCUT2D eigenvalue weighted by molar-refractivity contribution is 7.25. The van der Waals surface area contributed by atoms with Crippen molar-refractivity contribution in [1.29, 1.82) is 0 Å². The van der Waals surface area contributed by atoms with E-state index in [1.54, 1.807) is 0 Å². The smallest absolute Gasteiger partial charge is 0.0568 e. The SMILES string of the molecule is c1ccc(-c2ccc(N(c3ccc4c(c3)sc3ccccc34)c3cc4c(c5ccccc35)c3ccccc3n4-c3ccccc3)cc2)cc1. The Balaban J connectivity index is 1.28. The van der Waals surface area contributed by atoms with Gasteiger partial charge in [-0.2, -0.15) is 0 Å². The fraction of sp³-hybridized carbons (Fsp3) is 0.